The number of aryl methyl sites for hydroxylation is 1. The minimum absolute atomic E-state index is 0.0866. The molecule has 0 N–H and O–H groups in total. The smallest absolute Gasteiger partial charge is 0.246 e. The van der Waals surface area contributed by atoms with Crippen LogP contribution in [-0.4, -0.2) is 59.5 Å². The van der Waals surface area contributed by atoms with Gasteiger partial charge in [0.1, 0.15) is 4.90 Å². The van der Waals surface area contributed by atoms with Crippen LogP contribution < -0.4 is 0 Å². The van der Waals surface area contributed by atoms with Crippen molar-refractivity contribution >= 4 is 22.0 Å². The summed E-state index contributed by atoms with van der Waals surface area (Å²) in [6, 6.07) is 9.70. The average Bonchev–Trinajstić information content (AvgIpc) is 3.02. The number of hydrogen-bond acceptors (Lipinski definition) is 4. The van der Waals surface area contributed by atoms with Crippen LogP contribution in [0.1, 0.15) is 36.8 Å². The van der Waals surface area contributed by atoms with Gasteiger partial charge in [-0.2, -0.15) is 9.40 Å². The van der Waals surface area contributed by atoms with Crippen LogP contribution >= 0.6 is 0 Å². The highest BCUT2D eigenvalue weighted by molar-refractivity contribution is 7.89. The molecule has 156 valence electrons. The van der Waals surface area contributed by atoms with Crippen molar-refractivity contribution in [3.05, 3.63) is 53.4 Å². The van der Waals surface area contributed by atoms with Crippen LogP contribution in [0.15, 0.2) is 41.3 Å². The standard InChI is InChI=1S/C21H28N4O3S/c1-16(2)25-18(4)21(17(3)22-25)29(27,28)24-14-12-23(13-15-24)20(26)11-10-19-8-6-5-7-9-19/h5-11,16H,12-15H2,1-4H3. The van der Waals surface area contributed by atoms with Crippen LogP contribution in [0.25, 0.3) is 6.08 Å². The van der Waals surface area contributed by atoms with Crippen molar-refractivity contribution in [3.63, 3.8) is 0 Å². The fourth-order valence-corrected chi connectivity index (χ4v) is 5.42. The number of rotatable bonds is 5. The largest absolute Gasteiger partial charge is 0.337 e. The first-order valence-corrected chi connectivity index (χ1v) is 11.2. The van der Waals surface area contributed by atoms with Gasteiger partial charge in [-0.25, -0.2) is 8.42 Å². The zero-order valence-electron chi connectivity index (χ0n) is 17.4. The quantitative estimate of drug-likeness (QED) is 0.702. The van der Waals surface area contributed by atoms with E-state index >= 15 is 0 Å². The fourth-order valence-electron chi connectivity index (χ4n) is 3.64. The first kappa shape index (κ1) is 21.3. The predicted molar refractivity (Wildman–Crippen MR) is 113 cm³/mol. The molecule has 0 atom stereocenters. The zero-order chi connectivity index (χ0) is 21.2. The summed E-state index contributed by atoms with van der Waals surface area (Å²) >= 11 is 0. The Labute approximate surface area is 172 Å². The number of hydrogen-bond donors (Lipinski definition) is 0. The number of sulfonamides is 1. The van der Waals surface area contributed by atoms with Crippen molar-refractivity contribution < 1.29 is 13.2 Å². The third-order valence-corrected chi connectivity index (χ3v) is 7.27. The number of benzene rings is 1. The highest BCUT2D eigenvalue weighted by atomic mass is 32.2. The lowest BCUT2D eigenvalue weighted by Gasteiger charge is -2.33. The summed E-state index contributed by atoms with van der Waals surface area (Å²) < 4.78 is 29.6. The summed E-state index contributed by atoms with van der Waals surface area (Å²) in [4.78, 5) is 14.4. The Balaban J connectivity index is 1.69. The van der Waals surface area contributed by atoms with E-state index in [4.69, 9.17) is 0 Å². The van der Waals surface area contributed by atoms with E-state index in [1.807, 2.05) is 44.2 Å². The minimum Gasteiger partial charge on any atom is -0.337 e. The first-order chi connectivity index (χ1) is 13.7. The second kappa shape index (κ2) is 8.51. The monoisotopic (exact) mass is 416 g/mol. The van der Waals surface area contributed by atoms with Crippen molar-refractivity contribution in [1.29, 1.82) is 0 Å². The molecule has 1 fully saturated rings. The third-order valence-electron chi connectivity index (χ3n) is 5.11. The van der Waals surface area contributed by atoms with Crippen molar-refractivity contribution in [1.82, 2.24) is 19.0 Å². The van der Waals surface area contributed by atoms with Gasteiger partial charge in [0.05, 0.1) is 11.4 Å². The van der Waals surface area contributed by atoms with Gasteiger partial charge in [0.25, 0.3) is 0 Å². The lowest BCUT2D eigenvalue weighted by molar-refractivity contribution is -0.127. The van der Waals surface area contributed by atoms with Crippen LogP contribution in [0.4, 0.5) is 0 Å². The summed E-state index contributed by atoms with van der Waals surface area (Å²) in [6.45, 7) is 8.76. The number of nitrogens with zero attached hydrogens (tertiary/aromatic N) is 4. The van der Waals surface area contributed by atoms with Gasteiger partial charge in [-0.15, -0.1) is 0 Å². The first-order valence-electron chi connectivity index (χ1n) is 9.79. The Hall–Kier alpha value is -2.45. The molecule has 1 aromatic heterocycles. The molecule has 1 aliphatic heterocycles. The number of aromatic nitrogens is 2. The fraction of sp³-hybridized carbons (Fsp3) is 0.429. The van der Waals surface area contributed by atoms with Crippen molar-refractivity contribution in [2.24, 2.45) is 0 Å². The Morgan fingerprint density at radius 3 is 2.24 bits per heavy atom. The van der Waals surface area contributed by atoms with E-state index in [0.29, 0.717) is 24.5 Å². The minimum atomic E-state index is -3.65. The van der Waals surface area contributed by atoms with E-state index in [2.05, 4.69) is 5.10 Å². The summed E-state index contributed by atoms with van der Waals surface area (Å²) in [7, 11) is -3.65. The maximum atomic E-state index is 13.2. The number of piperazine rings is 1. The molecule has 3 rings (SSSR count). The molecule has 29 heavy (non-hydrogen) atoms. The highest BCUT2D eigenvalue weighted by Crippen LogP contribution is 2.26. The SMILES string of the molecule is Cc1nn(C(C)C)c(C)c1S(=O)(=O)N1CCN(C(=O)C=Cc2ccccc2)CC1. The zero-order valence-corrected chi connectivity index (χ0v) is 18.2. The summed E-state index contributed by atoms with van der Waals surface area (Å²) in [5.41, 5.74) is 2.12. The van der Waals surface area contributed by atoms with E-state index in [0.717, 1.165) is 5.56 Å². The lowest BCUT2D eigenvalue weighted by atomic mass is 10.2. The molecule has 1 aromatic carbocycles. The molecule has 0 bridgehead atoms. The van der Waals surface area contributed by atoms with Crippen molar-refractivity contribution in [3.8, 4) is 0 Å². The molecule has 0 spiro atoms. The number of amides is 1. The van der Waals surface area contributed by atoms with E-state index in [1.54, 1.807) is 35.6 Å². The van der Waals surface area contributed by atoms with Gasteiger partial charge < -0.3 is 4.90 Å². The lowest BCUT2D eigenvalue weighted by Crippen LogP contribution is -2.50. The van der Waals surface area contributed by atoms with E-state index in [-0.39, 0.29) is 29.9 Å². The van der Waals surface area contributed by atoms with Crippen LogP contribution in [0.2, 0.25) is 0 Å². The Bertz CT molecular complexity index is 1000. The van der Waals surface area contributed by atoms with E-state index in [9.17, 15) is 13.2 Å². The molecule has 1 amide bonds. The summed E-state index contributed by atoms with van der Waals surface area (Å²) in [6.07, 6.45) is 3.32. The Kier molecular flexibility index (Phi) is 6.24. The molecular formula is C21H28N4O3S. The van der Waals surface area contributed by atoms with Crippen molar-refractivity contribution in [2.45, 2.75) is 38.6 Å². The normalized spacial score (nSPS) is 16.1. The average molecular weight is 417 g/mol. The predicted octanol–water partition coefficient (Wildman–Crippen LogP) is 2.63. The molecule has 2 aromatic rings. The molecule has 7 nitrogen and oxygen atoms in total. The van der Waals surface area contributed by atoms with Gasteiger partial charge >= 0.3 is 0 Å². The number of carbonyl (C=O) groups excluding carboxylic acids is 1. The second-order valence-corrected chi connectivity index (χ2v) is 9.39. The Morgan fingerprint density at radius 1 is 1.07 bits per heavy atom. The summed E-state index contributed by atoms with van der Waals surface area (Å²) in [5, 5.41) is 4.40. The van der Waals surface area contributed by atoms with E-state index in [1.165, 1.54) is 4.31 Å². The van der Waals surface area contributed by atoms with Gasteiger partial charge in [-0.3, -0.25) is 9.48 Å². The third kappa shape index (κ3) is 4.43. The molecule has 0 saturated carbocycles. The van der Waals surface area contributed by atoms with Crippen molar-refractivity contribution in [2.75, 3.05) is 26.2 Å². The van der Waals surface area contributed by atoms with Gasteiger partial charge in [-0.05, 0) is 39.3 Å². The van der Waals surface area contributed by atoms with E-state index < -0.39 is 10.0 Å². The Morgan fingerprint density at radius 2 is 1.69 bits per heavy atom. The van der Waals surface area contributed by atoms with Gasteiger partial charge in [0.15, 0.2) is 0 Å². The molecule has 1 saturated heterocycles. The highest BCUT2D eigenvalue weighted by Gasteiger charge is 2.34. The molecule has 0 unspecified atom stereocenters. The molecule has 0 radical (unpaired) electrons. The molecular weight excluding hydrogens is 388 g/mol. The molecule has 0 aliphatic carbocycles. The second-order valence-electron chi connectivity index (χ2n) is 7.51. The summed E-state index contributed by atoms with van der Waals surface area (Å²) in [5.74, 6) is -0.106. The van der Waals surface area contributed by atoms with Gasteiger partial charge in [0.2, 0.25) is 15.9 Å². The van der Waals surface area contributed by atoms with Crippen LogP contribution in [0.5, 0.6) is 0 Å². The maximum Gasteiger partial charge on any atom is 0.246 e. The van der Waals surface area contributed by atoms with Crippen LogP contribution in [-0.2, 0) is 14.8 Å². The number of carbonyl (C=O) groups is 1. The van der Waals surface area contributed by atoms with Gasteiger partial charge in [-0.1, -0.05) is 30.3 Å². The van der Waals surface area contributed by atoms with Crippen LogP contribution in [0, 0.1) is 13.8 Å². The van der Waals surface area contributed by atoms with Gasteiger partial charge in [0, 0.05) is 38.3 Å². The molecule has 2 heterocycles. The topological polar surface area (TPSA) is 75.5 Å². The molecule has 8 heteroatoms. The van der Waals surface area contributed by atoms with Crippen LogP contribution in [0.3, 0.4) is 0 Å². The molecule has 1 aliphatic rings. The maximum absolute atomic E-state index is 13.2.